The molecule has 3 heterocycles. The van der Waals surface area contributed by atoms with E-state index in [1.807, 2.05) is 23.3 Å². The van der Waals surface area contributed by atoms with E-state index < -0.39 is 11.7 Å². The number of thiazole rings is 1. The molecule has 0 saturated carbocycles. The molecule has 7 nitrogen and oxygen atoms in total. The molecule has 0 spiro atoms. The van der Waals surface area contributed by atoms with Crippen LogP contribution in [0.1, 0.15) is 34.3 Å². The van der Waals surface area contributed by atoms with E-state index in [0.717, 1.165) is 24.7 Å². The maximum atomic E-state index is 13.0. The second-order valence-corrected chi connectivity index (χ2v) is 7.04. The molecule has 0 radical (unpaired) electrons. The number of hydrogen-bond donors (Lipinski definition) is 2. The summed E-state index contributed by atoms with van der Waals surface area (Å²) >= 11 is 1.61. The van der Waals surface area contributed by atoms with E-state index in [-0.39, 0.29) is 17.8 Å². The second kappa shape index (κ2) is 6.48. The molecule has 2 N–H and O–H groups in total. The first-order valence-electron chi connectivity index (χ1n) is 8.24. The maximum Gasteiger partial charge on any atom is 0.421 e. The topological polar surface area (TPSA) is 80.5 Å². The predicted octanol–water partition coefficient (Wildman–Crippen LogP) is 3.78. The Morgan fingerprint density at radius 1 is 1.30 bits per heavy atom. The van der Waals surface area contributed by atoms with E-state index in [1.165, 1.54) is 11.9 Å². The van der Waals surface area contributed by atoms with Crippen LogP contribution in [0.25, 0.3) is 0 Å². The van der Waals surface area contributed by atoms with Crippen molar-refractivity contribution in [2.45, 2.75) is 32.0 Å². The van der Waals surface area contributed by atoms with Gasteiger partial charge in [-0.3, -0.25) is 4.68 Å². The van der Waals surface area contributed by atoms with Gasteiger partial charge in [0.05, 0.1) is 33.5 Å². The molecule has 3 aromatic heterocycles. The number of nitrogens with zero attached hydrogens (tertiary/aromatic N) is 5. The summed E-state index contributed by atoms with van der Waals surface area (Å²) in [6, 6.07) is 0.128. The van der Waals surface area contributed by atoms with Gasteiger partial charge in [0.2, 0.25) is 5.95 Å². The fourth-order valence-corrected chi connectivity index (χ4v) is 4.09. The molecule has 27 heavy (non-hydrogen) atoms. The molecule has 142 valence electrons. The van der Waals surface area contributed by atoms with Crippen LogP contribution >= 0.6 is 11.3 Å². The highest BCUT2D eigenvalue weighted by Gasteiger charge is 2.35. The molecule has 0 fully saturated rings. The highest BCUT2D eigenvalue weighted by Crippen LogP contribution is 2.37. The van der Waals surface area contributed by atoms with Gasteiger partial charge in [0.15, 0.2) is 0 Å². The average Bonchev–Trinajstić information content (AvgIpc) is 3.30. The van der Waals surface area contributed by atoms with E-state index in [9.17, 15) is 13.2 Å². The largest absolute Gasteiger partial charge is 0.421 e. The van der Waals surface area contributed by atoms with Crippen molar-refractivity contribution in [2.24, 2.45) is 0 Å². The molecule has 3 aromatic rings. The van der Waals surface area contributed by atoms with Gasteiger partial charge < -0.3 is 10.6 Å². The van der Waals surface area contributed by atoms with Crippen LogP contribution in [0.3, 0.4) is 0 Å². The number of anilines is 3. The Balaban J connectivity index is 1.60. The number of aromatic nitrogens is 5. The standard InChI is InChI=1S/C16H16F3N7S/c1-8-11(6-26(25-8)12-4-3-10-13(12)27-7-22-10)23-15-21-5-9(16(17,18)19)14(20-2)24-15/h5-7,12H,3-4H2,1-2H3,(H2,20,21,23,24). The number of nitrogens with one attached hydrogen (secondary N) is 2. The van der Waals surface area contributed by atoms with Crippen LogP contribution in [0.15, 0.2) is 17.9 Å². The Bertz CT molecular complexity index is 979. The van der Waals surface area contributed by atoms with E-state index in [4.69, 9.17) is 0 Å². The lowest BCUT2D eigenvalue weighted by Gasteiger charge is -2.12. The molecule has 0 bridgehead atoms. The summed E-state index contributed by atoms with van der Waals surface area (Å²) in [4.78, 5) is 13.3. The summed E-state index contributed by atoms with van der Waals surface area (Å²) < 4.78 is 40.8. The lowest BCUT2D eigenvalue weighted by molar-refractivity contribution is -0.137. The molecule has 4 rings (SSSR count). The van der Waals surface area contributed by atoms with Crippen molar-refractivity contribution >= 4 is 28.8 Å². The van der Waals surface area contributed by atoms with Crippen molar-refractivity contribution in [3.8, 4) is 0 Å². The number of halogens is 3. The number of aryl methyl sites for hydroxylation is 2. The fourth-order valence-electron chi connectivity index (χ4n) is 3.12. The van der Waals surface area contributed by atoms with Crippen LogP contribution in [-0.2, 0) is 12.6 Å². The first-order chi connectivity index (χ1) is 12.9. The third-order valence-electron chi connectivity index (χ3n) is 4.44. The third kappa shape index (κ3) is 3.22. The molecule has 0 aromatic carbocycles. The Hall–Kier alpha value is -2.69. The van der Waals surface area contributed by atoms with Gasteiger partial charge in [0.1, 0.15) is 11.4 Å². The van der Waals surface area contributed by atoms with Crippen LogP contribution in [0.5, 0.6) is 0 Å². The summed E-state index contributed by atoms with van der Waals surface area (Å²) in [5.41, 5.74) is 3.39. The summed E-state index contributed by atoms with van der Waals surface area (Å²) in [6.45, 7) is 1.82. The van der Waals surface area contributed by atoms with Gasteiger partial charge in [0, 0.05) is 19.4 Å². The molecule has 11 heteroatoms. The highest BCUT2D eigenvalue weighted by molar-refractivity contribution is 7.09. The van der Waals surface area contributed by atoms with Gasteiger partial charge in [-0.15, -0.1) is 11.3 Å². The predicted molar refractivity (Wildman–Crippen MR) is 95.4 cm³/mol. The van der Waals surface area contributed by atoms with E-state index in [2.05, 4.69) is 30.7 Å². The van der Waals surface area contributed by atoms with Crippen molar-refractivity contribution in [1.29, 1.82) is 0 Å². The van der Waals surface area contributed by atoms with E-state index in [0.29, 0.717) is 11.4 Å². The van der Waals surface area contributed by atoms with Crippen molar-refractivity contribution in [3.05, 3.63) is 39.7 Å². The molecule has 1 aliphatic rings. The minimum absolute atomic E-state index is 0.0694. The minimum Gasteiger partial charge on any atom is -0.372 e. The first kappa shape index (κ1) is 17.7. The molecule has 0 saturated heterocycles. The summed E-state index contributed by atoms with van der Waals surface area (Å²) in [5, 5.41) is 9.97. The maximum absolute atomic E-state index is 13.0. The second-order valence-electron chi connectivity index (χ2n) is 6.15. The van der Waals surface area contributed by atoms with Gasteiger partial charge >= 0.3 is 6.18 Å². The monoisotopic (exact) mass is 395 g/mol. The van der Waals surface area contributed by atoms with Crippen LogP contribution in [0.4, 0.5) is 30.6 Å². The Kier molecular flexibility index (Phi) is 4.25. The SMILES string of the molecule is CNc1nc(Nc2cn(C3CCc4ncsc43)nc2C)ncc1C(F)(F)F. The van der Waals surface area contributed by atoms with Crippen molar-refractivity contribution in [2.75, 3.05) is 17.7 Å². The van der Waals surface area contributed by atoms with E-state index in [1.54, 1.807) is 11.3 Å². The fraction of sp³-hybridized carbons (Fsp3) is 0.375. The van der Waals surface area contributed by atoms with Gasteiger partial charge in [-0.2, -0.15) is 23.3 Å². The van der Waals surface area contributed by atoms with Gasteiger partial charge in [0.25, 0.3) is 0 Å². The Morgan fingerprint density at radius 3 is 2.85 bits per heavy atom. The lowest BCUT2D eigenvalue weighted by atomic mass is 10.3. The zero-order valence-corrected chi connectivity index (χ0v) is 15.3. The average molecular weight is 395 g/mol. The highest BCUT2D eigenvalue weighted by atomic mass is 32.1. The molecular formula is C16H16F3N7S. The minimum atomic E-state index is -4.52. The lowest BCUT2D eigenvalue weighted by Crippen LogP contribution is -2.12. The summed E-state index contributed by atoms with van der Waals surface area (Å²) in [7, 11) is 1.39. The zero-order valence-electron chi connectivity index (χ0n) is 14.5. The smallest absolute Gasteiger partial charge is 0.372 e. The normalized spacial score (nSPS) is 16.4. The van der Waals surface area contributed by atoms with Gasteiger partial charge in [-0.05, 0) is 19.8 Å². The first-order valence-corrected chi connectivity index (χ1v) is 9.12. The number of fused-ring (bicyclic) bond motifs is 1. The van der Waals surface area contributed by atoms with Crippen LogP contribution in [0, 0.1) is 6.92 Å². The van der Waals surface area contributed by atoms with Crippen LogP contribution in [0.2, 0.25) is 0 Å². The van der Waals surface area contributed by atoms with Gasteiger partial charge in [-0.1, -0.05) is 0 Å². The molecular weight excluding hydrogens is 379 g/mol. The molecule has 1 unspecified atom stereocenters. The van der Waals surface area contributed by atoms with Crippen LogP contribution in [-0.4, -0.2) is 31.8 Å². The molecule has 0 amide bonds. The Morgan fingerprint density at radius 2 is 2.11 bits per heavy atom. The van der Waals surface area contributed by atoms with E-state index >= 15 is 0 Å². The summed E-state index contributed by atoms with van der Waals surface area (Å²) in [6.07, 6.45) is -0.0854. The zero-order chi connectivity index (χ0) is 19.2. The van der Waals surface area contributed by atoms with Crippen molar-refractivity contribution in [3.63, 3.8) is 0 Å². The molecule has 0 aliphatic heterocycles. The third-order valence-corrected chi connectivity index (χ3v) is 5.42. The quantitative estimate of drug-likeness (QED) is 0.700. The molecule has 1 aliphatic carbocycles. The van der Waals surface area contributed by atoms with Crippen LogP contribution < -0.4 is 10.6 Å². The van der Waals surface area contributed by atoms with Crippen molar-refractivity contribution < 1.29 is 13.2 Å². The Labute approximate surface area is 156 Å². The number of hydrogen-bond acceptors (Lipinski definition) is 7. The summed E-state index contributed by atoms with van der Waals surface area (Å²) in [5.74, 6) is -0.213. The molecule has 1 atom stereocenters. The number of alkyl halides is 3. The van der Waals surface area contributed by atoms with Gasteiger partial charge in [-0.25, -0.2) is 9.97 Å². The van der Waals surface area contributed by atoms with Crippen molar-refractivity contribution in [1.82, 2.24) is 24.7 Å². The number of rotatable bonds is 4.